The van der Waals surface area contributed by atoms with Crippen LogP contribution < -0.4 is 5.56 Å². The van der Waals surface area contributed by atoms with Gasteiger partial charge in [-0.2, -0.15) is 0 Å². The van der Waals surface area contributed by atoms with Crippen molar-refractivity contribution in [2.45, 2.75) is 0 Å². The lowest BCUT2D eigenvalue weighted by Gasteiger charge is -2.20. The molecule has 1 aromatic heterocycles. The average molecular weight is 263 g/mol. The fraction of sp³-hybridized carbons (Fsp3) is 0.400. The first-order valence-corrected chi connectivity index (χ1v) is 5.86. The zero-order chi connectivity index (χ0) is 12.0. The summed E-state index contributed by atoms with van der Waals surface area (Å²) in [6, 6.07) is 2.82. The van der Waals surface area contributed by atoms with Crippen molar-refractivity contribution in [2.24, 2.45) is 0 Å². The Bertz CT molecular complexity index is 400. The number of aromatic amines is 1. The molecule has 0 aromatic carbocycles. The van der Waals surface area contributed by atoms with Gasteiger partial charge < -0.3 is 9.88 Å². The van der Waals surface area contributed by atoms with Gasteiger partial charge in [-0.05, 0) is 6.07 Å². The second-order valence-corrected chi connectivity index (χ2v) is 3.87. The summed E-state index contributed by atoms with van der Waals surface area (Å²) in [7, 11) is 0. The summed E-state index contributed by atoms with van der Waals surface area (Å²) in [4.78, 5) is 27.0. The number of halogens is 2. The molecule has 4 nitrogen and oxygen atoms in total. The molecule has 0 aliphatic rings. The average Bonchev–Trinajstić information content (AvgIpc) is 2.28. The molecule has 0 saturated heterocycles. The Morgan fingerprint density at radius 1 is 1.31 bits per heavy atom. The molecule has 0 aliphatic carbocycles. The Balaban J connectivity index is 2.85. The molecule has 0 radical (unpaired) electrons. The minimum atomic E-state index is -0.303. The van der Waals surface area contributed by atoms with E-state index in [9.17, 15) is 9.59 Å². The van der Waals surface area contributed by atoms with E-state index in [2.05, 4.69) is 4.98 Å². The molecule has 1 rings (SSSR count). The maximum atomic E-state index is 11.9. The Morgan fingerprint density at radius 3 is 2.44 bits per heavy atom. The first kappa shape index (κ1) is 13.1. The number of H-pyrrole nitrogens is 1. The summed E-state index contributed by atoms with van der Waals surface area (Å²) in [5, 5.41) is 0. The SMILES string of the molecule is O=C(c1cc[nH]c(=O)c1)N(CCCl)CCCl. The van der Waals surface area contributed by atoms with E-state index in [0.29, 0.717) is 30.4 Å². The molecule has 1 N–H and O–H groups in total. The van der Waals surface area contributed by atoms with Crippen molar-refractivity contribution in [3.05, 3.63) is 34.2 Å². The summed E-state index contributed by atoms with van der Waals surface area (Å²) in [6.07, 6.45) is 1.44. The van der Waals surface area contributed by atoms with Crippen LogP contribution in [0.3, 0.4) is 0 Å². The molecule has 0 fully saturated rings. The quantitative estimate of drug-likeness (QED) is 0.814. The third kappa shape index (κ3) is 3.54. The van der Waals surface area contributed by atoms with Gasteiger partial charge in [0.1, 0.15) is 0 Å². The van der Waals surface area contributed by atoms with E-state index in [-0.39, 0.29) is 11.5 Å². The van der Waals surface area contributed by atoms with Crippen molar-refractivity contribution in [2.75, 3.05) is 24.8 Å². The lowest BCUT2D eigenvalue weighted by molar-refractivity contribution is 0.0775. The van der Waals surface area contributed by atoms with Crippen molar-refractivity contribution < 1.29 is 4.79 Å². The standard InChI is InChI=1S/C10H12Cl2N2O2/c11-2-5-14(6-3-12)10(16)8-1-4-13-9(15)7-8/h1,4,7H,2-3,5-6H2,(H,13,15). The van der Waals surface area contributed by atoms with Crippen LogP contribution in [-0.2, 0) is 0 Å². The van der Waals surface area contributed by atoms with Crippen LogP contribution in [0.4, 0.5) is 0 Å². The summed E-state index contributed by atoms with van der Waals surface area (Å²) in [6.45, 7) is 0.833. The highest BCUT2D eigenvalue weighted by atomic mass is 35.5. The van der Waals surface area contributed by atoms with Crippen LogP contribution in [0.15, 0.2) is 23.1 Å². The lowest BCUT2D eigenvalue weighted by atomic mass is 10.2. The summed E-state index contributed by atoms with van der Waals surface area (Å²) in [5.74, 6) is 0.449. The molecule has 1 heterocycles. The highest BCUT2D eigenvalue weighted by Crippen LogP contribution is 2.02. The summed E-state index contributed by atoms with van der Waals surface area (Å²) >= 11 is 11.2. The summed E-state index contributed by atoms with van der Waals surface area (Å²) in [5.41, 5.74) is 0.0431. The van der Waals surface area contributed by atoms with Gasteiger partial charge in [0.15, 0.2) is 0 Å². The van der Waals surface area contributed by atoms with Crippen molar-refractivity contribution >= 4 is 29.1 Å². The number of amides is 1. The zero-order valence-electron chi connectivity index (χ0n) is 8.58. The van der Waals surface area contributed by atoms with Gasteiger partial charge in [0.2, 0.25) is 5.56 Å². The first-order valence-electron chi connectivity index (χ1n) is 4.79. The third-order valence-electron chi connectivity index (χ3n) is 2.02. The third-order valence-corrected chi connectivity index (χ3v) is 2.36. The molecular weight excluding hydrogens is 251 g/mol. The van der Waals surface area contributed by atoms with E-state index >= 15 is 0 Å². The van der Waals surface area contributed by atoms with Crippen LogP contribution in [0.25, 0.3) is 0 Å². The molecule has 88 valence electrons. The molecule has 0 spiro atoms. The van der Waals surface area contributed by atoms with Gasteiger partial charge in [-0.3, -0.25) is 9.59 Å². The Kier molecular flexibility index (Phi) is 5.35. The molecule has 0 bridgehead atoms. The highest BCUT2D eigenvalue weighted by Gasteiger charge is 2.14. The Hall–Kier alpha value is -1.00. The smallest absolute Gasteiger partial charge is 0.254 e. The molecule has 0 atom stereocenters. The molecule has 0 saturated carbocycles. The number of pyridine rings is 1. The van der Waals surface area contributed by atoms with E-state index in [1.807, 2.05) is 0 Å². The fourth-order valence-electron chi connectivity index (χ4n) is 1.28. The molecule has 0 unspecified atom stereocenters. The highest BCUT2D eigenvalue weighted by molar-refractivity contribution is 6.18. The molecule has 1 amide bonds. The van der Waals surface area contributed by atoms with Crippen LogP contribution in [0, 0.1) is 0 Å². The number of carbonyl (C=O) groups excluding carboxylic acids is 1. The predicted molar refractivity (Wildman–Crippen MR) is 64.4 cm³/mol. The lowest BCUT2D eigenvalue weighted by Crippen LogP contribution is -2.34. The molecule has 6 heteroatoms. The second kappa shape index (κ2) is 6.55. The molecule has 16 heavy (non-hydrogen) atoms. The number of rotatable bonds is 5. The van der Waals surface area contributed by atoms with Crippen LogP contribution in [-0.4, -0.2) is 40.6 Å². The normalized spacial score (nSPS) is 10.1. The number of nitrogens with one attached hydrogen (secondary N) is 1. The van der Waals surface area contributed by atoms with Crippen molar-refractivity contribution in [3.8, 4) is 0 Å². The maximum absolute atomic E-state index is 11.9. The maximum Gasteiger partial charge on any atom is 0.254 e. The van der Waals surface area contributed by atoms with Crippen LogP contribution >= 0.6 is 23.2 Å². The van der Waals surface area contributed by atoms with E-state index in [1.165, 1.54) is 17.2 Å². The minimum absolute atomic E-state index is 0.229. The molecule has 0 aliphatic heterocycles. The van der Waals surface area contributed by atoms with Gasteiger partial charge in [-0.25, -0.2) is 0 Å². The van der Waals surface area contributed by atoms with Gasteiger partial charge in [0, 0.05) is 42.7 Å². The number of nitrogens with zero attached hydrogens (tertiary/aromatic N) is 1. The van der Waals surface area contributed by atoms with E-state index < -0.39 is 0 Å². The van der Waals surface area contributed by atoms with Crippen molar-refractivity contribution in [1.29, 1.82) is 0 Å². The molecular formula is C10H12Cl2N2O2. The van der Waals surface area contributed by atoms with Crippen LogP contribution in [0.1, 0.15) is 10.4 Å². The van der Waals surface area contributed by atoms with E-state index in [1.54, 1.807) is 6.07 Å². The fourth-order valence-corrected chi connectivity index (χ4v) is 1.69. The second-order valence-electron chi connectivity index (χ2n) is 3.11. The number of hydrogen-bond acceptors (Lipinski definition) is 2. The first-order chi connectivity index (χ1) is 7.69. The van der Waals surface area contributed by atoms with Crippen molar-refractivity contribution in [3.63, 3.8) is 0 Å². The monoisotopic (exact) mass is 262 g/mol. The van der Waals surface area contributed by atoms with Gasteiger partial charge in [-0.15, -0.1) is 23.2 Å². The number of hydrogen-bond donors (Lipinski definition) is 1. The van der Waals surface area contributed by atoms with E-state index in [0.717, 1.165) is 0 Å². The predicted octanol–water partition coefficient (Wildman–Crippen LogP) is 1.29. The molecule has 1 aromatic rings. The van der Waals surface area contributed by atoms with Gasteiger partial charge >= 0.3 is 0 Å². The minimum Gasteiger partial charge on any atom is -0.336 e. The van der Waals surface area contributed by atoms with Gasteiger partial charge in [0.05, 0.1) is 0 Å². The topological polar surface area (TPSA) is 53.2 Å². The van der Waals surface area contributed by atoms with Crippen LogP contribution in [0.5, 0.6) is 0 Å². The Morgan fingerprint density at radius 2 is 1.94 bits per heavy atom. The zero-order valence-corrected chi connectivity index (χ0v) is 10.1. The van der Waals surface area contributed by atoms with Gasteiger partial charge in [-0.1, -0.05) is 0 Å². The number of carbonyl (C=O) groups is 1. The summed E-state index contributed by atoms with van der Waals surface area (Å²) < 4.78 is 0. The van der Waals surface area contributed by atoms with E-state index in [4.69, 9.17) is 23.2 Å². The van der Waals surface area contributed by atoms with Crippen LogP contribution in [0.2, 0.25) is 0 Å². The van der Waals surface area contributed by atoms with Crippen molar-refractivity contribution in [1.82, 2.24) is 9.88 Å². The number of alkyl halides is 2. The number of aromatic nitrogens is 1. The van der Waals surface area contributed by atoms with Gasteiger partial charge in [0.25, 0.3) is 5.91 Å². The Labute approximate surface area is 103 Å². The largest absolute Gasteiger partial charge is 0.336 e.